The molecule has 0 spiro atoms. The Labute approximate surface area is 143 Å². The summed E-state index contributed by atoms with van der Waals surface area (Å²) in [4.78, 5) is 26.2. The molecule has 0 aliphatic rings. The molecule has 4 nitrogen and oxygen atoms in total. The van der Waals surface area contributed by atoms with E-state index in [1.165, 1.54) is 4.90 Å². The van der Waals surface area contributed by atoms with E-state index in [0.29, 0.717) is 5.56 Å². The van der Waals surface area contributed by atoms with Gasteiger partial charge in [-0.1, -0.05) is 29.8 Å². The van der Waals surface area contributed by atoms with Crippen molar-refractivity contribution in [3.8, 4) is 0 Å². The number of carbonyl (C=O) groups is 2. The largest absolute Gasteiger partial charge is 0.332 e. The van der Waals surface area contributed by atoms with Gasteiger partial charge in [-0.3, -0.25) is 9.59 Å². The number of hydrogen-bond donors (Lipinski definition) is 1. The molecule has 0 atom stereocenters. The normalized spacial score (nSPS) is 10.4. The number of anilines is 1. The van der Waals surface area contributed by atoms with Gasteiger partial charge < -0.3 is 10.2 Å². The maximum absolute atomic E-state index is 12.5. The van der Waals surface area contributed by atoms with Gasteiger partial charge in [-0.2, -0.15) is 0 Å². The first kappa shape index (κ1) is 17.7. The Morgan fingerprint density at radius 3 is 2.38 bits per heavy atom. The molecule has 2 rings (SSSR count). The Morgan fingerprint density at radius 2 is 1.71 bits per heavy atom. The van der Waals surface area contributed by atoms with E-state index >= 15 is 0 Å². The van der Waals surface area contributed by atoms with Gasteiger partial charge in [-0.15, -0.1) is 0 Å². The molecule has 0 aliphatic heterocycles. The highest BCUT2D eigenvalue weighted by Crippen LogP contribution is 2.18. The van der Waals surface area contributed by atoms with Crippen molar-refractivity contribution in [2.75, 3.05) is 18.9 Å². The van der Waals surface area contributed by atoms with Gasteiger partial charge in [0.2, 0.25) is 5.91 Å². The highest BCUT2D eigenvalue weighted by molar-refractivity contribution is 6.00. The van der Waals surface area contributed by atoms with Crippen molar-refractivity contribution in [2.24, 2.45) is 0 Å². The molecule has 0 radical (unpaired) electrons. The van der Waals surface area contributed by atoms with E-state index in [9.17, 15) is 9.59 Å². The van der Waals surface area contributed by atoms with E-state index < -0.39 is 0 Å². The molecule has 24 heavy (non-hydrogen) atoms. The first-order valence-electron chi connectivity index (χ1n) is 7.98. The number of nitrogens with zero attached hydrogens (tertiary/aromatic N) is 1. The maximum atomic E-state index is 12.5. The Bertz CT molecular complexity index is 781. The summed E-state index contributed by atoms with van der Waals surface area (Å²) in [7, 11) is 1.64. The molecule has 0 aromatic heterocycles. The van der Waals surface area contributed by atoms with E-state index in [1.807, 2.05) is 64.1 Å². The minimum atomic E-state index is -0.204. The van der Waals surface area contributed by atoms with Gasteiger partial charge in [0, 0.05) is 18.3 Å². The second-order valence-electron chi connectivity index (χ2n) is 6.28. The minimum Gasteiger partial charge on any atom is -0.332 e. The predicted molar refractivity (Wildman–Crippen MR) is 97.4 cm³/mol. The molecule has 0 saturated carbocycles. The predicted octanol–water partition coefficient (Wildman–Crippen LogP) is 3.63. The average molecular weight is 324 g/mol. The van der Waals surface area contributed by atoms with Gasteiger partial charge >= 0.3 is 0 Å². The Morgan fingerprint density at radius 1 is 1.00 bits per heavy atom. The summed E-state index contributed by atoms with van der Waals surface area (Å²) >= 11 is 0. The van der Waals surface area contributed by atoms with Crippen molar-refractivity contribution >= 4 is 17.5 Å². The number of likely N-dealkylation sites (N-methyl/N-ethyl adjacent to an activating group) is 1. The fourth-order valence-corrected chi connectivity index (χ4v) is 2.62. The maximum Gasteiger partial charge on any atom is 0.254 e. The van der Waals surface area contributed by atoms with Crippen molar-refractivity contribution < 1.29 is 9.59 Å². The number of carbonyl (C=O) groups excluding carboxylic acids is 2. The van der Waals surface area contributed by atoms with Crippen LogP contribution in [0.1, 0.15) is 32.6 Å². The number of amides is 2. The fraction of sp³-hybridized carbons (Fsp3) is 0.300. The highest BCUT2D eigenvalue weighted by Gasteiger charge is 2.17. The number of aryl methyl sites for hydroxylation is 3. The van der Waals surface area contributed by atoms with E-state index in [0.717, 1.165) is 27.9 Å². The van der Waals surface area contributed by atoms with Crippen LogP contribution in [0.25, 0.3) is 0 Å². The molecule has 0 bridgehead atoms. The standard InChI is InChI=1S/C20H24N2O2/c1-13-9-10-17(15(3)11-13)20(24)22(5)12-19(23)21-18-8-6-7-14(2)16(18)4/h6-11H,12H2,1-5H3,(H,21,23). The van der Waals surface area contributed by atoms with Gasteiger partial charge in [-0.05, 0) is 56.5 Å². The molecule has 0 heterocycles. The molecule has 0 saturated heterocycles. The summed E-state index contributed by atoms with van der Waals surface area (Å²) in [6, 6.07) is 11.5. The van der Waals surface area contributed by atoms with Crippen LogP contribution in [-0.4, -0.2) is 30.3 Å². The fourth-order valence-electron chi connectivity index (χ4n) is 2.62. The molecule has 126 valence electrons. The van der Waals surface area contributed by atoms with Crippen molar-refractivity contribution in [3.63, 3.8) is 0 Å². The Balaban J connectivity index is 2.05. The zero-order valence-electron chi connectivity index (χ0n) is 14.9. The second-order valence-corrected chi connectivity index (χ2v) is 6.28. The van der Waals surface area contributed by atoms with Crippen molar-refractivity contribution in [1.82, 2.24) is 4.90 Å². The lowest BCUT2D eigenvalue weighted by atomic mass is 10.0. The van der Waals surface area contributed by atoms with Crippen LogP contribution in [-0.2, 0) is 4.79 Å². The quantitative estimate of drug-likeness (QED) is 0.933. The molecule has 2 amide bonds. The van der Waals surface area contributed by atoms with Gasteiger partial charge in [-0.25, -0.2) is 0 Å². The van der Waals surface area contributed by atoms with E-state index in [-0.39, 0.29) is 18.4 Å². The summed E-state index contributed by atoms with van der Waals surface area (Å²) in [5, 5.41) is 2.88. The molecule has 0 aliphatic carbocycles. The summed E-state index contributed by atoms with van der Waals surface area (Å²) < 4.78 is 0. The lowest BCUT2D eigenvalue weighted by Crippen LogP contribution is -2.35. The van der Waals surface area contributed by atoms with Crippen molar-refractivity contribution in [1.29, 1.82) is 0 Å². The molecule has 2 aromatic rings. The monoisotopic (exact) mass is 324 g/mol. The third-order valence-electron chi connectivity index (χ3n) is 4.22. The van der Waals surface area contributed by atoms with Crippen LogP contribution >= 0.6 is 0 Å². The molecular weight excluding hydrogens is 300 g/mol. The Hall–Kier alpha value is -2.62. The van der Waals surface area contributed by atoms with E-state index in [4.69, 9.17) is 0 Å². The van der Waals surface area contributed by atoms with Gasteiger partial charge in [0.1, 0.15) is 0 Å². The summed E-state index contributed by atoms with van der Waals surface area (Å²) in [6.45, 7) is 7.88. The van der Waals surface area contributed by atoms with Crippen LogP contribution in [0.3, 0.4) is 0 Å². The van der Waals surface area contributed by atoms with E-state index in [2.05, 4.69) is 5.32 Å². The van der Waals surface area contributed by atoms with Gasteiger partial charge in [0.15, 0.2) is 0 Å². The third-order valence-corrected chi connectivity index (χ3v) is 4.22. The first-order valence-corrected chi connectivity index (χ1v) is 7.98. The van der Waals surface area contributed by atoms with Crippen LogP contribution in [0.15, 0.2) is 36.4 Å². The SMILES string of the molecule is Cc1ccc(C(=O)N(C)CC(=O)Nc2cccc(C)c2C)c(C)c1. The lowest BCUT2D eigenvalue weighted by Gasteiger charge is -2.19. The third kappa shape index (κ3) is 4.02. The van der Waals surface area contributed by atoms with Gasteiger partial charge in [0.25, 0.3) is 5.91 Å². The van der Waals surface area contributed by atoms with Crippen molar-refractivity contribution in [2.45, 2.75) is 27.7 Å². The topological polar surface area (TPSA) is 49.4 Å². The summed E-state index contributed by atoms with van der Waals surface area (Å²) in [6.07, 6.45) is 0. The second kappa shape index (κ2) is 7.30. The van der Waals surface area contributed by atoms with E-state index in [1.54, 1.807) is 7.05 Å². The van der Waals surface area contributed by atoms with Crippen LogP contribution in [0.4, 0.5) is 5.69 Å². The summed E-state index contributed by atoms with van der Waals surface area (Å²) in [5.41, 5.74) is 5.60. The van der Waals surface area contributed by atoms with Gasteiger partial charge in [0.05, 0.1) is 6.54 Å². The van der Waals surface area contributed by atoms with Crippen LogP contribution in [0, 0.1) is 27.7 Å². The minimum absolute atomic E-state index is 0.0134. The molecule has 0 unspecified atom stereocenters. The number of hydrogen-bond acceptors (Lipinski definition) is 2. The smallest absolute Gasteiger partial charge is 0.254 e. The molecule has 0 fully saturated rings. The average Bonchev–Trinajstić information content (AvgIpc) is 2.51. The number of benzene rings is 2. The molecular formula is C20H24N2O2. The molecule has 4 heteroatoms. The molecule has 2 aromatic carbocycles. The first-order chi connectivity index (χ1) is 11.3. The van der Waals surface area contributed by atoms with Crippen LogP contribution in [0.5, 0.6) is 0 Å². The molecule has 1 N–H and O–H groups in total. The highest BCUT2D eigenvalue weighted by atomic mass is 16.2. The Kier molecular flexibility index (Phi) is 5.39. The summed E-state index contributed by atoms with van der Waals surface area (Å²) in [5.74, 6) is -0.354. The lowest BCUT2D eigenvalue weighted by molar-refractivity contribution is -0.116. The number of nitrogens with one attached hydrogen (secondary N) is 1. The zero-order chi connectivity index (χ0) is 17.9. The van der Waals surface area contributed by atoms with Crippen LogP contribution in [0.2, 0.25) is 0 Å². The van der Waals surface area contributed by atoms with Crippen LogP contribution < -0.4 is 5.32 Å². The zero-order valence-corrected chi connectivity index (χ0v) is 14.9. The van der Waals surface area contributed by atoms with Crippen molar-refractivity contribution in [3.05, 3.63) is 64.2 Å². The number of rotatable bonds is 4.